The van der Waals surface area contributed by atoms with Crippen LogP contribution in [0.2, 0.25) is 0 Å². The number of ether oxygens (including phenoxy) is 1. The maximum absolute atomic E-state index is 12.7. The van der Waals surface area contributed by atoms with E-state index in [0.717, 1.165) is 5.56 Å². The number of carboxylic acid groups (broad SMARTS) is 1. The third kappa shape index (κ3) is 3.12. The van der Waals surface area contributed by atoms with Crippen LogP contribution in [0.4, 0.5) is 0 Å². The van der Waals surface area contributed by atoms with Crippen LogP contribution in [0, 0.1) is 30.6 Å². The van der Waals surface area contributed by atoms with Crippen molar-refractivity contribution in [2.75, 3.05) is 7.11 Å². The van der Waals surface area contributed by atoms with Crippen LogP contribution in [-0.4, -0.2) is 49.0 Å². The van der Waals surface area contributed by atoms with Gasteiger partial charge in [0.1, 0.15) is 0 Å². The van der Waals surface area contributed by atoms with Gasteiger partial charge in [0.25, 0.3) is 0 Å². The maximum atomic E-state index is 12.7. The average Bonchev–Trinajstić information content (AvgIpc) is 3.11. The molecule has 0 amide bonds. The maximum Gasteiger partial charge on any atom is 0.309 e. The third-order valence-electron chi connectivity index (χ3n) is 5.36. The summed E-state index contributed by atoms with van der Waals surface area (Å²) in [5, 5.41) is 19.2. The molecule has 142 valence electrons. The first-order valence-corrected chi connectivity index (χ1v) is 11.0. The fourth-order valence-electron chi connectivity index (χ4n) is 4.16. The van der Waals surface area contributed by atoms with E-state index in [1.165, 1.54) is 19.2 Å². The van der Waals surface area contributed by atoms with Crippen molar-refractivity contribution in [3.8, 4) is 0 Å². The van der Waals surface area contributed by atoms with E-state index in [1.807, 2.05) is 6.92 Å². The van der Waals surface area contributed by atoms with Gasteiger partial charge >= 0.3 is 11.9 Å². The van der Waals surface area contributed by atoms with Gasteiger partial charge in [-0.2, -0.15) is 0 Å². The Balaban J connectivity index is 1.89. The quantitative estimate of drug-likeness (QED) is 0.561. The summed E-state index contributed by atoms with van der Waals surface area (Å²) < 4.78 is 30.1. The highest BCUT2D eigenvalue weighted by Gasteiger charge is 2.63. The van der Waals surface area contributed by atoms with Crippen molar-refractivity contribution in [3.05, 3.63) is 29.8 Å². The molecule has 26 heavy (non-hydrogen) atoms. The van der Waals surface area contributed by atoms with E-state index in [9.17, 15) is 28.2 Å². The summed E-state index contributed by atoms with van der Waals surface area (Å²) in [4.78, 5) is 23.8. The Labute approximate surface area is 155 Å². The van der Waals surface area contributed by atoms with E-state index in [1.54, 1.807) is 12.1 Å². The van der Waals surface area contributed by atoms with Gasteiger partial charge < -0.3 is 14.9 Å². The first-order chi connectivity index (χ1) is 12.2. The second kappa shape index (κ2) is 6.86. The van der Waals surface area contributed by atoms with Crippen LogP contribution in [0.5, 0.6) is 0 Å². The van der Waals surface area contributed by atoms with Gasteiger partial charge in [0.05, 0.1) is 35.2 Å². The van der Waals surface area contributed by atoms with Crippen molar-refractivity contribution in [1.29, 1.82) is 0 Å². The van der Waals surface area contributed by atoms with Crippen LogP contribution in [-0.2, 0) is 23.2 Å². The molecule has 1 aromatic carbocycles. The van der Waals surface area contributed by atoms with Gasteiger partial charge in [-0.1, -0.05) is 17.7 Å². The molecule has 2 fully saturated rings. The molecule has 0 aromatic heterocycles. The van der Waals surface area contributed by atoms with Gasteiger partial charge in [-0.15, -0.1) is 0 Å². The van der Waals surface area contributed by atoms with Crippen molar-refractivity contribution in [2.45, 2.75) is 29.6 Å². The Morgan fingerprint density at radius 2 is 1.77 bits per heavy atom. The molecule has 0 aliphatic heterocycles. The smallest absolute Gasteiger partial charge is 0.309 e. The number of carboxylic acids is 1. The third-order valence-corrected chi connectivity index (χ3v) is 9.31. The van der Waals surface area contributed by atoms with E-state index in [0.29, 0.717) is 17.2 Å². The number of benzene rings is 1. The summed E-state index contributed by atoms with van der Waals surface area (Å²) in [5.74, 6) is -5.06. The monoisotopic (exact) mass is 400 g/mol. The number of carbonyl (C=O) groups excluding carboxylic acids is 1. The standard InChI is InChI=1S/C17H20O7S2/c1-8-3-5-9(6-4-8)26(22,23)25-15-11-7-10(14(15)18)12(16(19)20)13(11)17(21)24-2/h3-6,10-15,18H,7H2,1-2H3,(H,19,20). The number of esters is 1. The van der Waals surface area contributed by atoms with Crippen LogP contribution in [0.15, 0.2) is 29.2 Å². The average molecular weight is 400 g/mol. The van der Waals surface area contributed by atoms with E-state index in [2.05, 4.69) is 0 Å². The molecule has 0 saturated heterocycles. The van der Waals surface area contributed by atoms with E-state index >= 15 is 0 Å². The Hall–Kier alpha value is -1.58. The molecule has 6 unspecified atom stereocenters. The number of aliphatic carboxylic acids is 1. The number of aryl methyl sites for hydroxylation is 1. The molecule has 3 rings (SSSR count). The number of aliphatic hydroxyl groups is 1. The van der Waals surface area contributed by atoms with Gasteiger partial charge in [-0.3, -0.25) is 9.59 Å². The van der Waals surface area contributed by atoms with E-state index in [4.69, 9.17) is 4.74 Å². The van der Waals surface area contributed by atoms with Gasteiger partial charge in [0, 0.05) is 5.92 Å². The predicted octanol–water partition coefficient (Wildman–Crippen LogP) is 1.29. The van der Waals surface area contributed by atoms with Crippen LogP contribution in [0.25, 0.3) is 0 Å². The number of rotatable bonds is 5. The molecule has 2 N–H and O–H groups in total. The number of aliphatic hydroxyl groups excluding tert-OH is 1. The molecule has 2 aliphatic carbocycles. The summed E-state index contributed by atoms with van der Waals surface area (Å²) in [6, 6.07) is 6.36. The second-order valence-electron chi connectivity index (χ2n) is 6.79. The van der Waals surface area contributed by atoms with Crippen LogP contribution < -0.4 is 0 Å². The van der Waals surface area contributed by atoms with Crippen molar-refractivity contribution in [1.82, 2.24) is 0 Å². The van der Waals surface area contributed by atoms with E-state index < -0.39 is 55.8 Å². The molecule has 6 atom stereocenters. The fraction of sp³-hybridized carbons (Fsp3) is 0.529. The SMILES string of the molecule is COC(=O)C1C2CC(C(O)C2SS(=O)(=O)c2ccc(C)cc2)C1C(=O)O. The van der Waals surface area contributed by atoms with Crippen molar-refractivity contribution in [3.63, 3.8) is 0 Å². The summed E-state index contributed by atoms with van der Waals surface area (Å²) in [5.41, 5.74) is 0.920. The van der Waals surface area contributed by atoms with Crippen LogP contribution in [0.3, 0.4) is 0 Å². The summed E-state index contributed by atoms with van der Waals surface area (Å²) in [6.07, 6.45) is -0.814. The van der Waals surface area contributed by atoms with Crippen LogP contribution >= 0.6 is 10.8 Å². The molecular weight excluding hydrogens is 380 g/mol. The molecule has 1 aromatic rings. The lowest BCUT2D eigenvalue weighted by Gasteiger charge is -2.34. The number of carbonyl (C=O) groups is 2. The lowest BCUT2D eigenvalue weighted by molar-refractivity contribution is -0.160. The molecule has 2 saturated carbocycles. The molecular formula is C17H20O7S2. The first kappa shape index (κ1) is 19.2. The Morgan fingerprint density at radius 3 is 2.31 bits per heavy atom. The Bertz CT molecular complexity index is 818. The highest BCUT2D eigenvalue weighted by Crippen LogP contribution is 2.57. The van der Waals surface area contributed by atoms with Gasteiger partial charge in [0.2, 0.25) is 8.87 Å². The number of methoxy groups -OCH3 is 1. The first-order valence-electron chi connectivity index (χ1n) is 8.16. The summed E-state index contributed by atoms with van der Waals surface area (Å²) >= 11 is 0. The molecule has 7 nitrogen and oxygen atoms in total. The largest absolute Gasteiger partial charge is 0.481 e. The molecule has 2 aliphatic rings. The molecule has 0 spiro atoms. The zero-order valence-electron chi connectivity index (χ0n) is 14.2. The number of fused-ring (bicyclic) bond motifs is 2. The lowest BCUT2D eigenvalue weighted by Crippen LogP contribution is -2.47. The number of hydrogen-bond acceptors (Lipinski definition) is 7. The normalized spacial score (nSPS) is 33.2. The minimum absolute atomic E-state index is 0.118. The lowest BCUT2D eigenvalue weighted by atomic mass is 9.77. The zero-order valence-corrected chi connectivity index (χ0v) is 15.9. The molecule has 0 heterocycles. The zero-order chi connectivity index (χ0) is 19.2. The van der Waals surface area contributed by atoms with Gasteiger partial charge in [0.15, 0.2) is 0 Å². The Morgan fingerprint density at radius 1 is 1.15 bits per heavy atom. The highest BCUT2D eigenvalue weighted by molar-refractivity contribution is 8.72. The van der Waals surface area contributed by atoms with Gasteiger partial charge in [-0.05, 0) is 42.2 Å². The minimum atomic E-state index is -3.75. The van der Waals surface area contributed by atoms with Crippen molar-refractivity contribution < 1.29 is 33.0 Å². The molecule has 9 heteroatoms. The Kier molecular flexibility index (Phi) is 5.06. The molecule has 0 radical (unpaired) electrons. The number of hydrogen-bond donors (Lipinski definition) is 2. The summed E-state index contributed by atoms with van der Waals surface area (Å²) in [6.45, 7) is 1.84. The predicted molar refractivity (Wildman–Crippen MR) is 94.0 cm³/mol. The fourth-order valence-corrected chi connectivity index (χ4v) is 8.08. The summed E-state index contributed by atoms with van der Waals surface area (Å²) in [7, 11) is -1.97. The van der Waals surface area contributed by atoms with Crippen molar-refractivity contribution in [2.24, 2.45) is 23.7 Å². The topological polar surface area (TPSA) is 118 Å². The molecule has 2 bridgehead atoms. The van der Waals surface area contributed by atoms with E-state index in [-0.39, 0.29) is 4.90 Å². The highest BCUT2D eigenvalue weighted by atomic mass is 33.1. The van der Waals surface area contributed by atoms with Crippen LogP contribution in [0.1, 0.15) is 12.0 Å². The van der Waals surface area contributed by atoms with Gasteiger partial charge in [-0.25, -0.2) is 8.42 Å². The van der Waals surface area contributed by atoms with Crippen molar-refractivity contribution >= 4 is 31.6 Å². The minimum Gasteiger partial charge on any atom is -0.481 e. The second-order valence-corrected chi connectivity index (χ2v) is 10.8.